The van der Waals surface area contributed by atoms with Crippen molar-refractivity contribution in [1.82, 2.24) is 15.5 Å². The first-order chi connectivity index (χ1) is 21.7. The standard InChI is InChI=1S/C36H46N4O6/c1-23(2)31(34(44)40(6)29(32(37)42)21-26-17-18-30(41)27(19-26)36(3,4)5)39-33(43)28(20-24-13-9-7-10-14-24)38-35(45)46-22-25-15-11-8-12-16-25/h7-19,23,28-29,31,41H,20-22H2,1-6H3,(H2,37,42)(H,38,45)(H,39,43)/t28-,29-,31-/m0/s1. The Morgan fingerprint density at radius 1 is 0.848 bits per heavy atom. The minimum atomic E-state index is -1.05. The van der Waals surface area contributed by atoms with E-state index in [2.05, 4.69) is 10.6 Å². The molecular weight excluding hydrogens is 584 g/mol. The molecule has 246 valence electrons. The molecule has 5 N–H and O–H groups in total. The van der Waals surface area contributed by atoms with Gasteiger partial charge in [-0.1, -0.05) is 107 Å². The molecule has 3 aromatic carbocycles. The summed E-state index contributed by atoms with van der Waals surface area (Å²) < 4.78 is 5.36. The Balaban J connectivity index is 1.79. The van der Waals surface area contributed by atoms with Crippen molar-refractivity contribution in [2.75, 3.05) is 7.05 Å². The van der Waals surface area contributed by atoms with Crippen molar-refractivity contribution >= 4 is 23.8 Å². The van der Waals surface area contributed by atoms with Crippen LogP contribution in [-0.2, 0) is 44.0 Å². The molecule has 0 bridgehead atoms. The minimum Gasteiger partial charge on any atom is -0.508 e. The van der Waals surface area contributed by atoms with Gasteiger partial charge in [0, 0.05) is 19.9 Å². The van der Waals surface area contributed by atoms with Crippen LogP contribution < -0.4 is 16.4 Å². The lowest BCUT2D eigenvalue weighted by Gasteiger charge is -2.32. The average molecular weight is 631 g/mol. The summed E-state index contributed by atoms with van der Waals surface area (Å²) in [5.41, 5.74) is 8.45. The number of amides is 4. The molecule has 0 saturated heterocycles. The van der Waals surface area contributed by atoms with Gasteiger partial charge in [0.1, 0.15) is 30.5 Å². The summed E-state index contributed by atoms with van der Waals surface area (Å²) in [6, 6.07) is 20.3. The van der Waals surface area contributed by atoms with Crippen molar-refractivity contribution in [3.63, 3.8) is 0 Å². The van der Waals surface area contributed by atoms with Gasteiger partial charge >= 0.3 is 6.09 Å². The summed E-state index contributed by atoms with van der Waals surface area (Å²) in [7, 11) is 1.48. The number of hydrogen-bond donors (Lipinski definition) is 4. The Bertz CT molecular complexity index is 1490. The third-order valence-electron chi connectivity index (χ3n) is 7.78. The van der Waals surface area contributed by atoms with Gasteiger partial charge in [-0.05, 0) is 39.7 Å². The molecule has 0 spiro atoms. The number of benzene rings is 3. The molecule has 0 fully saturated rings. The average Bonchev–Trinajstić information content (AvgIpc) is 3.01. The molecule has 3 atom stereocenters. The van der Waals surface area contributed by atoms with E-state index in [1.807, 2.05) is 87.5 Å². The maximum absolute atomic E-state index is 13.9. The highest BCUT2D eigenvalue weighted by Crippen LogP contribution is 2.31. The first-order valence-electron chi connectivity index (χ1n) is 15.4. The van der Waals surface area contributed by atoms with Crippen LogP contribution in [0.2, 0.25) is 0 Å². The number of ether oxygens (including phenoxy) is 1. The molecule has 10 nitrogen and oxygen atoms in total. The summed E-state index contributed by atoms with van der Waals surface area (Å²) in [5, 5.41) is 15.8. The molecule has 0 radical (unpaired) electrons. The number of carbonyl (C=O) groups excluding carboxylic acids is 4. The predicted octanol–water partition coefficient (Wildman–Crippen LogP) is 4.22. The highest BCUT2D eigenvalue weighted by atomic mass is 16.5. The number of aromatic hydroxyl groups is 1. The molecule has 0 aliphatic rings. The Morgan fingerprint density at radius 3 is 1.98 bits per heavy atom. The van der Waals surface area contributed by atoms with E-state index in [4.69, 9.17) is 10.5 Å². The lowest BCUT2D eigenvalue weighted by molar-refractivity contribution is -0.142. The number of likely N-dealkylation sites (N-methyl/N-ethyl adjacent to an activating group) is 1. The van der Waals surface area contributed by atoms with Crippen LogP contribution in [0.4, 0.5) is 4.79 Å². The van der Waals surface area contributed by atoms with Gasteiger partial charge in [0.2, 0.25) is 17.7 Å². The predicted molar refractivity (Wildman–Crippen MR) is 177 cm³/mol. The summed E-state index contributed by atoms with van der Waals surface area (Å²) in [4.78, 5) is 54.2. The van der Waals surface area contributed by atoms with Crippen LogP contribution in [0.1, 0.15) is 56.9 Å². The second-order valence-electron chi connectivity index (χ2n) is 12.9. The lowest BCUT2D eigenvalue weighted by Crippen LogP contribution is -2.59. The number of hydrogen-bond acceptors (Lipinski definition) is 6. The Hall–Kier alpha value is -4.86. The quantitative estimate of drug-likeness (QED) is 0.222. The van der Waals surface area contributed by atoms with Gasteiger partial charge in [-0.3, -0.25) is 14.4 Å². The van der Waals surface area contributed by atoms with Gasteiger partial charge in [-0.2, -0.15) is 0 Å². The van der Waals surface area contributed by atoms with Gasteiger partial charge in [0.05, 0.1) is 0 Å². The number of primary amides is 1. The molecule has 3 rings (SSSR count). The minimum absolute atomic E-state index is 0.0248. The highest BCUT2D eigenvalue weighted by Gasteiger charge is 2.35. The van der Waals surface area contributed by atoms with Gasteiger partial charge in [0.15, 0.2) is 0 Å². The lowest BCUT2D eigenvalue weighted by atomic mass is 9.84. The topological polar surface area (TPSA) is 151 Å². The van der Waals surface area contributed by atoms with E-state index < -0.39 is 41.9 Å². The van der Waals surface area contributed by atoms with E-state index in [1.54, 1.807) is 26.0 Å². The molecule has 3 aromatic rings. The highest BCUT2D eigenvalue weighted by molar-refractivity contribution is 5.93. The number of rotatable bonds is 13. The zero-order valence-electron chi connectivity index (χ0n) is 27.4. The van der Waals surface area contributed by atoms with Crippen molar-refractivity contribution in [2.45, 2.75) is 77.6 Å². The third-order valence-corrected chi connectivity index (χ3v) is 7.78. The number of phenols is 1. The van der Waals surface area contributed by atoms with Gasteiger partial charge in [0.25, 0.3) is 0 Å². The first-order valence-corrected chi connectivity index (χ1v) is 15.4. The van der Waals surface area contributed by atoms with Crippen LogP contribution in [0, 0.1) is 5.92 Å². The monoisotopic (exact) mass is 630 g/mol. The normalized spacial score (nSPS) is 13.3. The largest absolute Gasteiger partial charge is 0.508 e. The molecule has 4 amide bonds. The SMILES string of the molecule is CC(C)[C@H](NC(=O)[C@H](Cc1ccccc1)NC(=O)OCc1ccccc1)C(=O)N(C)[C@@H](Cc1ccc(O)c(C(C)(C)C)c1)C(N)=O. The summed E-state index contributed by atoms with van der Waals surface area (Å²) >= 11 is 0. The number of nitrogens with zero attached hydrogens (tertiary/aromatic N) is 1. The summed E-state index contributed by atoms with van der Waals surface area (Å²) in [6.07, 6.45) is -0.504. The number of alkyl carbamates (subject to hydrolysis) is 1. The Kier molecular flexibility index (Phi) is 12.3. The van der Waals surface area contributed by atoms with E-state index in [1.165, 1.54) is 11.9 Å². The second kappa shape index (κ2) is 15.9. The maximum atomic E-state index is 13.9. The fraction of sp³-hybridized carbons (Fsp3) is 0.389. The summed E-state index contributed by atoms with van der Waals surface area (Å²) in [6.45, 7) is 9.47. The number of nitrogens with two attached hydrogens (primary N) is 1. The van der Waals surface area contributed by atoms with Crippen LogP contribution in [0.25, 0.3) is 0 Å². The Morgan fingerprint density at radius 2 is 1.43 bits per heavy atom. The van der Waals surface area contributed by atoms with Crippen LogP contribution in [-0.4, -0.2) is 59.0 Å². The van der Waals surface area contributed by atoms with Crippen molar-refractivity contribution in [1.29, 1.82) is 0 Å². The zero-order valence-corrected chi connectivity index (χ0v) is 27.4. The van der Waals surface area contributed by atoms with Crippen molar-refractivity contribution < 1.29 is 29.0 Å². The van der Waals surface area contributed by atoms with Crippen LogP contribution in [0.15, 0.2) is 78.9 Å². The smallest absolute Gasteiger partial charge is 0.408 e. The first kappa shape index (κ1) is 35.6. The van der Waals surface area contributed by atoms with E-state index in [0.29, 0.717) is 5.56 Å². The summed E-state index contributed by atoms with van der Waals surface area (Å²) in [5.74, 6) is -2.02. The van der Waals surface area contributed by atoms with Crippen LogP contribution >= 0.6 is 0 Å². The molecule has 0 aliphatic carbocycles. The zero-order chi connectivity index (χ0) is 34.0. The fourth-order valence-electron chi connectivity index (χ4n) is 5.07. The van der Waals surface area contributed by atoms with E-state index >= 15 is 0 Å². The second-order valence-corrected chi connectivity index (χ2v) is 12.9. The molecule has 0 aliphatic heterocycles. The third kappa shape index (κ3) is 10.1. The van der Waals surface area contributed by atoms with E-state index in [-0.39, 0.29) is 36.5 Å². The van der Waals surface area contributed by atoms with Crippen LogP contribution in [0.3, 0.4) is 0 Å². The molecule has 10 heteroatoms. The molecule has 46 heavy (non-hydrogen) atoms. The maximum Gasteiger partial charge on any atom is 0.408 e. The van der Waals surface area contributed by atoms with Crippen molar-refractivity contribution in [2.24, 2.45) is 11.7 Å². The van der Waals surface area contributed by atoms with Gasteiger partial charge < -0.3 is 31.1 Å². The van der Waals surface area contributed by atoms with Crippen molar-refractivity contribution in [3.8, 4) is 5.75 Å². The fourth-order valence-corrected chi connectivity index (χ4v) is 5.07. The number of carbonyl (C=O) groups is 4. The number of phenolic OH excluding ortho intramolecular Hbond substituents is 1. The van der Waals surface area contributed by atoms with Crippen LogP contribution in [0.5, 0.6) is 5.75 Å². The Labute approximate surface area is 271 Å². The molecule has 0 unspecified atom stereocenters. The van der Waals surface area contributed by atoms with Crippen molar-refractivity contribution in [3.05, 3.63) is 101 Å². The van der Waals surface area contributed by atoms with E-state index in [9.17, 15) is 24.3 Å². The molecule has 0 saturated carbocycles. The van der Waals surface area contributed by atoms with Gasteiger partial charge in [-0.25, -0.2) is 4.79 Å². The van der Waals surface area contributed by atoms with E-state index in [0.717, 1.165) is 16.7 Å². The van der Waals surface area contributed by atoms with Gasteiger partial charge in [-0.15, -0.1) is 0 Å². The molecular formula is C36H46N4O6. The molecule has 0 aromatic heterocycles. The molecule has 0 heterocycles. The number of nitrogens with one attached hydrogen (secondary N) is 2.